The average molecular weight is 325 g/mol. The Morgan fingerprint density at radius 1 is 1.22 bits per heavy atom. The molecule has 0 aliphatic rings. The Balaban J connectivity index is 2.10. The van der Waals surface area contributed by atoms with Crippen molar-refractivity contribution >= 4 is 11.6 Å². The van der Waals surface area contributed by atoms with Crippen molar-refractivity contribution in [3.8, 4) is 0 Å². The molecule has 5 nitrogen and oxygen atoms in total. The van der Waals surface area contributed by atoms with Crippen LogP contribution in [0.3, 0.4) is 0 Å². The molecular formula is C15H14F3N3O2. The number of aromatic amines is 1. The van der Waals surface area contributed by atoms with Gasteiger partial charge in [-0.05, 0) is 38.1 Å². The first kappa shape index (κ1) is 16.7. The zero-order chi connectivity index (χ0) is 17.2. The summed E-state index contributed by atoms with van der Waals surface area (Å²) in [6.07, 6.45) is -4.64. The lowest BCUT2D eigenvalue weighted by Crippen LogP contribution is -2.24. The highest BCUT2D eigenvalue weighted by atomic mass is 19.4. The molecule has 122 valence electrons. The molecule has 0 saturated heterocycles. The lowest BCUT2D eigenvalue weighted by Gasteiger charge is -2.09. The second-order valence-corrected chi connectivity index (χ2v) is 5.02. The minimum Gasteiger partial charge on any atom is -0.326 e. The van der Waals surface area contributed by atoms with Crippen molar-refractivity contribution in [3.05, 3.63) is 57.3 Å². The Morgan fingerprint density at radius 3 is 2.35 bits per heavy atom. The number of carbonyl (C=O) groups excluding carboxylic acids is 1. The summed E-state index contributed by atoms with van der Waals surface area (Å²) in [7, 11) is 0. The Morgan fingerprint density at radius 2 is 1.83 bits per heavy atom. The largest absolute Gasteiger partial charge is 0.416 e. The highest BCUT2D eigenvalue weighted by Gasteiger charge is 2.30. The Hall–Kier alpha value is -2.64. The summed E-state index contributed by atoms with van der Waals surface area (Å²) in [5.41, 5.74) is -0.325. The van der Waals surface area contributed by atoms with Gasteiger partial charge in [-0.2, -0.15) is 13.2 Å². The maximum absolute atomic E-state index is 12.5. The highest BCUT2D eigenvalue weighted by Crippen LogP contribution is 2.29. The van der Waals surface area contributed by atoms with E-state index in [0.29, 0.717) is 11.5 Å². The van der Waals surface area contributed by atoms with Gasteiger partial charge in [-0.15, -0.1) is 0 Å². The van der Waals surface area contributed by atoms with Gasteiger partial charge in [0.15, 0.2) is 0 Å². The molecular weight excluding hydrogens is 311 g/mol. The maximum Gasteiger partial charge on any atom is 0.416 e. The van der Waals surface area contributed by atoms with E-state index in [1.165, 1.54) is 0 Å². The van der Waals surface area contributed by atoms with E-state index in [9.17, 15) is 22.8 Å². The van der Waals surface area contributed by atoms with Crippen LogP contribution in [0.5, 0.6) is 0 Å². The summed E-state index contributed by atoms with van der Waals surface area (Å²) >= 11 is 0. The summed E-state index contributed by atoms with van der Waals surface area (Å²) in [5.74, 6) is -0.0663. The SMILES string of the molecule is Cc1nc(C)c(CC(=O)Nc2ccc(C(F)(F)F)cc2)c(=O)[nH]1. The molecule has 1 aromatic heterocycles. The molecule has 1 heterocycles. The van der Waals surface area contributed by atoms with Crippen LogP contribution >= 0.6 is 0 Å². The van der Waals surface area contributed by atoms with Crippen molar-refractivity contribution < 1.29 is 18.0 Å². The molecule has 0 radical (unpaired) electrons. The molecule has 0 unspecified atom stereocenters. The van der Waals surface area contributed by atoms with Gasteiger partial charge in [0.05, 0.1) is 12.0 Å². The third kappa shape index (κ3) is 4.18. The van der Waals surface area contributed by atoms with Crippen LogP contribution in [-0.2, 0) is 17.4 Å². The van der Waals surface area contributed by atoms with E-state index in [2.05, 4.69) is 15.3 Å². The van der Waals surface area contributed by atoms with Crippen LogP contribution in [-0.4, -0.2) is 15.9 Å². The fraction of sp³-hybridized carbons (Fsp3) is 0.267. The number of carbonyl (C=O) groups is 1. The fourth-order valence-electron chi connectivity index (χ4n) is 2.07. The van der Waals surface area contributed by atoms with E-state index in [1.807, 2.05) is 0 Å². The number of nitrogens with zero attached hydrogens (tertiary/aromatic N) is 1. The minimum atomic E-state index is -4.43. The third-order valence-corrected chi connectivity index (χ3v) is 3.17. The Bertz CT molecular complexity index is 780. The molecule has 2 N–H and O–H groups in total. The van der Waals surface area contributed by atoms with E-state index in [4.69, 9.17) is 0 Å². The van der Waals surface area contributed by atoms with Gasteiger partial charge in [0.25, 0.3) is 5.56 Å². The number of nitrogens with one attached hydrogen (secondary N) is 2. The van der Waals surface area contributed by atoms with Gasteiger partial charge in [-0.3, -0.25) is 9.59 Å². The van der Waals surface area contributed by atoms with Crippen LogP contribution in [0.25, 0.3) is 0 Å². The summed E-state index contributed by atoms with van der Waals surface area (Å²) in [6, 6.07) is 4.07. The number of hydrogen-bond donors (Lipinski definition) is 2. The lowest BCUT2D eigenvalue weighted by atomic mass is 10.1. The van der Waals surface area contributed by atoms with Gasteiger partial charge < -0.3 is 10.3 Å². The van der Waals surface area contributed by atoms with Crippen LogP contribution in [0.15, 0.2) is 29.1 Å². The number of benzene rings is 1. The third-order valence-electron chi connectivity index (χ3n) is 3.17. The van der Waals surface area contributed by atoms with E-state index < -0.39 is 23.2 Å². The van der Waals surface area contributed by atoms with Gasteiger partial charge in [-0.25, -0.2) is 4.98 Å². The second kappa shape index (κ2) is 6.23. The zero-order valence-corrected chi connectivity index (χ0v) is 12.4. The van der Waals surface area contributed by atoms with Crippen LogP contribution in [0.2, 0.25) is 0 Å². The summed E-state index contributed by atoms with van der Waals surface area (Å²) in [4.78, 5) is 30.3. The number of halogens is 3. The van der Waals surface area contributed by atoms with Gasteiger partial charge in [0, 0.05) is 16.9 Å². The van der Waals surface area contributed by atoms with E-state index in [-0.39, 0.29) is 17.7 Å². The number of aryl methyl sites for hydroxylation is 2. The Kier molecular flexibility index (Phi) is 4.53. The molecule has 1 amide bonds. The van der Waals surface area contributed by atoms with E-state index in [1.54, 1.807) is 13.8 Å². The molecule has 8 heteroatoms. The molecule has 2 aromatic rings. The van der Waals surface area contributed by atoms with Crippen molar-refractivity contribution in [1.29, 1.82) is 0 Å². The smallest absolute Gasteiger partial charge is 0.326 e. The van der Waals surface area contributed by atoms with Crippen LogP contribution in [0.1, 0.15) is 22.6 Å². The number of anilines is 1. The monoisotopic (exact) mass is 325 g/mol. The number of H-pyrrole nitrogens is 1. The Labute approximate surface area is 129 Å². The normalized spacial score (nSPS) is 11.3. The molecule has 2 rings (SSSR count). The van der Waals surface area contributed by atoms with Crippen LogP contribution in [0, 0.1) is 13.8 Å². The number of hydrogen-bond acceptors (Lipinski definition) is 3. The number of aromatic nitrogens is 2. The van der Waals surface area contributed by atoms with Crippen molar-refractivity contribution in [1.82, 2.24) is 9.97 Å². The van der Waals surface area contributed by atoms with Gasteiger partial charge in [0.2, 0.25) is 5.91 Å². The van der Waals surface area contributed by atoms with Gasteiger partial charge in [-0.1, -0.05) is 0 Å². The molecule has 0 spiro atoms. The average Bonchev–Trinajstić information content (AvgIpc) is 2.42. The lowest BCUT2D eigenvalue weighted by molar-refractivity contribution is -0.137. The summed E-state index contributed by atoms with van der Waals surface area (Å²) < 4.78 is 37.4. The number of rotatable bonds is 3. The predicted molar refractivity (Wildman–Crippen MR) is 78.1 cm³/mol. The topological polar surface area (TPSA) is 74.8 Å². The van der Waals surface area contributed by atoms with Crippen molar-refractivity contribution in [2.75, 3.05) is 5.32 Å². The van der Waals surface area contributed by atoms with Crippen molar-refractivity contribution in [3.63, 3.8) is 0 Å². The first-order chi connectivity index (χ1) is 10.7. The van der Waals surface area contributed by atoms with Crippen LogP contribution in [0.4, 0.5) is 18.9 Å². The maximum atomic E-state index is 12.5. The van der Waals surface area contributed by atoms with Crippen LogP contribution < -0.4 is 10.9 Å². The van der Waals surface area contributed by atoms with E-state index in [0.717, 1.165) is 24.3 Å². The quantitative estimate of drug-likeness (QED) is 0.911. The molecule has 0 bridgehead atoms. The molecule has 23 heavy (non-hydrogen) atoms. The molecule has 0 atom stereocenters. The van der Waals surface area contributed by atoms with Gasteiger partial charge in [0.1, 0.15) is 5.82 Å². The molecule has 0 saturated carbocycles. The fourth-order valence-corrected chi connectivity index (χ4v) is 2.07. The van der Waals surface area contributed by atoms with Crippen molar-refractivity contribution in [2.24, 2.45) is 0 Å². The summed E-state index contributed by atoms with van der Waals surface area (Å²) in [5, 5.41) is 2.45. The minimum absolute atomic E-state index is 0.213. The van der Waals surface area contributed by atoms with Gasteiger partial charge >= 0.3 is 6.18 Å². The molecule has 1 aromatic carbocycles. The molecule has 0 aliphatic heterocycles. The highest BCUT2D eigenvalue weighted by molar-refractivity contribution is 5.92. The molecule has 0 aliphatic carbocycles. The second-order valence-electron chi connectivity index (χ2n) is 5.02. The predicted octanol–water partition coefficient (Wildman–Crippen LogP) is 2.59. The van der Waals surface area contributed by atoms with E-state index >= 15 is 0 Å². The standard InChI is InChI=1S/C15H14F3N3O2/c1-8-12(14(23)20-9(2)19-8)7-13(22)21-11-5-3-10(4-6-11)15(16,17)18/h3-6H,7H2,1-2H3,(H,21,22)(H,19,20,23). The zero-order valence-electron chi connectivity index (χ0n) is 12.4. The summed E-state index contributed by atoms with van der Waals surface area (Å²) in [6.45, 7) is 3.24. The number of amides is 1. The number of alkyl halides is 3. The first-order valence-electron chi connectivity index (χ1n) is 6.70. The molecule has 0 fully saturated rings. The van der Waals surface area contributed by atoms with Crippen molar-refractivity contribution in [2.45, 2.75) is 26.4 Å². The first-order valence-corrected chi connectivity index (χ1v) is 6.70.